The Morgan fingerprint density at radius 3 is 2.94 bits per heavy atom. The summed E-state index contributed by atoms with van der Waals surface area (Å²) in [5.74, 6) is -0.0637. The van der Waals surface area contributed by atoms with Crippen molar-refractivity contribution in [3.8, 4) is 0 Å². The molecule has 0 aromatic carbocycles. The minimum atomic E-state index is -0.0637. The lowest BCUT2D eigenvalue weighted by Gasteiger charge is -2.19. The van der Waals surface area contributed by atoms with E-state index in [-0.39, 0.29) is 18.1 Å². The van der Waals surface area contributed by atoms with E-state index in [1.165, 1.54) is 0 Å². The Balaban J connectivity index is 1.65. The van der Waals surface area contributed by atoms with E-state index >= 15 is 0 Å². The summed E-state index contributed by atoms with van der Waals surface area (Å²) < 4.78 is 6.44. The molecule has 17 heavy (non-hydrogen) atoms. The zero-order valence-electron chi connectivity index (χ0n) is 9.23. The summed E-state index contributed by atoms with van der Waals surface area (Å²) in [6.45, 7) is 0. The molecule has 1 aromatic heterocycles. The molecule has 3 unspecified atom stereocenters. The van der Waals surface area contributed by atoms with Gasteiger partial charge in [-0.2, -0.15) is 0 Å². The van der Waals surface area contributed by atoms with Crippen molar-refractivity contribution < 1.29 is 9.53 Å². The maximum atomic E-state index is 12.0. The SMILES string of the molecule is O=C(NC1CC2CCC1O2)c1ccc(Br)nc1. The number of aromatic nitrogens is 1. The Morgan fingerprint density at radius 2 is 2.35 bits per heavy atom. The van der Waals surface area contributed by atoms with Gasteiger partial charge in [0.25, 0.3) is 5.91 Å². The first kappa shape index (κ1) is 11.2. The third-order valence-corrected chi connectivity index (χ3v) is 3.88. The summed E-state index contributed by atoms with van der Waals surface area (Å²) in [6, 6.07) is 3.71. The Morgan fingerprint density at radius 1 is 1.47 bits per heavy atom. The lowest BCUT2D eigenvalue weighted by Crippen LogP contribution is -2.41. The summed E-state index contributed by atoms with van der Waals surface area (Å²) >= 11 is 3.25. The van der Waals surface area contributed by atoms with Gasteiger partial charge in [-0.3, -0.25) is 4.79 Å². The molecule has 0 saturated carbocycles. The predicted octanol–water partition coefficient (Wildman–Crippen LogP) is 1.89. The number of pyridine rings is 1. The van der Waals surface area contributed by atoms with Gasteiger partial charge in [0.05, 0.1) is 23.8 Å². The summed E-state index contributed by atoms with van der Waals surface area (Å²) in [4.78, 5) is 16.0. The van der Waals surface area contributed by atoms with Crippen molar-refractivity contribution in [3.05, 3.63) is 28.5 Å². The van der Waals surface area contributed by atoms with Crippen molar-refractivity contribution in [3.63, 3.8) is 0 Å². The van der Waals surface area contributed by atoms with Gasteiger partial charge in [0, 0.05) is 6.20 Å². The van der Waals surface area contributed by atoms with Crippen LogP contribution in [0.5, 0.6) is 0 Å². The second kappa shape index (κ2) is 4.38. The van der Waals surface area contributed by atoms with Gasteiger partial charge in [0.1, 0.15) is 4.60 Å². The first-order valence-electron chi connectivity index (χ1n) is 5.80. The van der Waals surface area contributed by atoms with Crippen LogP contribution in [0.4, 0.5) is 0 Å². The number of carbonyl (C=O) groups is 1. The molecule has 1 amide bonds. The normalized spacial score (nSPS) is 30.5. The first-order chi connectivity index (χ1) is 8.22. The highest BCUT2D eigenvalue weighted by Crippen LogP contribution is 2.34. The number of nitrogens with one attached hydrogen (secondary N) is 1. The summed E-state index contributed by atoms with van der Waals surface area (Å²) in [5.41, 5.74) is 0.593. The fourth-order valence-corrected chi connectivity index (χ4v) is 2.79. The average molecular weight is 297 g/mol. The molecular weight excluding hydrogens is 284 g/mol. The molecule has 1 N–H and O–H groups in total. The summed E-state index contributed by atoms with van der Waals surface area (Å²) in [6.07, 6.45) is 5.29. The van der Waals surface area contributed by atoms with Crippen LogP contribution in [-0.2, 0) is 4.74 Å². The number of carbonyl (C=O) groups excluding carboxylic acids is 1. The topological polar surface area (TPSA) is 51.2 Å². The minimum absolute atomic E-state index is 0.0637. The van der Waals surface area contributed by atoms with Crippen molar-refractivity contribution in [2.45, 2.75) is 37.5 Å². The maximum absolute atomic E-state index is 12.0. The number of ether oxygens (including phenoxy) is 1. The molecule has 2 aliphatic heterocycles. The number of halogens is 1. The smallest absolute Gasteiger partial charge is 0.253 e. The Bertz CT molecular complexity index is 435. The maximum Gasteiger partial charge on any atom is 0.253 e. The molecule has 0 radical (unpaired) electrons. The molecule has 0 spiro atoms. The Hall–Kier alpha value is -0.940. The van der Waals surface area contributed by atoms with Gasteiger partial charge in [-0.05, 0) is 47.3 Å². The molecule has 2 saturated heterocycles. The van der Waals surface area contributed by atoms with Crippen LogP contribution < -0.4 is 5.32 Å². The quantitative estimate of drug-likeness (QED) is 0.848. The number of nitrogens with zero attached hydrogens (tertiary/aromatic N) is 1. The Kier molecular flexibility index (Phi) is 2.88. The van der Waals surface area contributed by atoms with Crippen LogP contribution in [0.15, 0.2) is 22.9 Å². The van der Waals surface area contributed by atoms with Gasteiger partial charge in [-0.25, -0.2) is 4.98 Å². The zero-order chi connectivity index (χ0) is 11.8. The number of fused-ring (bicyclic) bond motifs is 2. The van der Waals surface area contributed by atoms with E-state index in [1.54, 1.807) is 18.3 Å². The number of rotatable bonds is 2. The van der Waals surface area contributed by atoms with Crippen LogP contribution in [0.25, 0.3) is 0 Å². The molecule has 5 heteroatoms. The highest BCUT2D eigenvalue weighted by Gasteiger charge is 2.41. The number of amides is 1. The lowest BCUT2D eigenvalue weighted by molar-refractivity contribution is 0.0840. The molecule has 3 rings (SSSR count). The van der Waals surface area contributed by atoms with E-state index in [0.29, 0.717) is 11.7 Å². The largest absolute Gasteiger partial charge is 0.373 e. The number of hydrogen-bond acceptors (Lipinski definition) is 3. The van der Waals surface area contributed by atoms with E-state index < -0.39 is 0 Å². The monoisotopic (exact) mass is 296 g/mol. The van der Waals surface area contributed by atoms with Crippen molar-refractivity contribution in [1.29, 1.82) is 0 Å². The summed E-state index contributed by atoms with van der Waals surface area (Å²) in [5, 5.41) is 3.03. The molecule has 4 nitrogen and oxygen atoms in total. The molecule has 2 fully saturated rings. The van der Waals surface area contributed by atoms with Crippen molar-refractivity contribution in [1.82, 2.24) is 10.3 Å². The van der Waals surface area contributed by atoms with E-state index in [2.05, 4.69) is 26.2 Å². The first-order valence-corrected chi connectivity index (χ1v) is 6.59. The fraction of sp³-hybridized carbons (Fsp3) is 0.500. The third kappa shape index (κ3) is 2.21. The summed E-state index contributed by atoms with van der Waals surface area (Å²) in [7, 11) is 0. The average Bonchev–Trinajstić information content (AvgIpc) is 2.91. The molecule has 0 aliphatic carbocycles. The third-order valence-electron chi connectivity index (χ3n) is 3.41. The lowest BCUT2D eigenvalue weighted by atomic mass is 9.95. The second-order valence-electron chi connectivity index (χ2n) is 4.56. The van der Waals surface area contributed by atoms with Crippen LogP contribution in [0, 0.1) is 0 Å². The fourth-order valence-electron chi connectivity index (χ4n) is 2.55. The molecular formula is C12H13BrN2O2. The second-order valence-corrected chi connectivity index (χ2v) is 5.37. The highest BCUT2D eigenvalue weighted by molar-refractivity contribution is 9.10. The van der Waals surface area contributed by atoms with Gasteiger partial charge in [0.15, 0.2) is 0 Å². The van der Waals surface area contributed by atoms with E-state index in [0.717, 1.165) is 23.9 Å². The van der Waals surface area contributed by atoms with E-state index in [9.17, 15) is 4.79 Å². The molecule has 1 aromatic rings. The molecule has 90 valence electrons. The zero-order valence-corrected chi connectivity index (χ0v) is 10.8. The van der Waals surface area contributed by atoms with E-state index in [1.807, 2.05) is 0 Å². The predicted molar refractivity (Wildman–Crippen MR) is 65.7 cm³/mol. The number of hydrogen-bond donors (Lipinski definition) is 1. The standard InChI is InChI=1S/C12H13BrN2O2/c13-11-4-1-7(6-14-11)12(16)15-9-5-8-2-3-10(9)17-8/h1,4,6,8-10H,2-3,5H2,(H,15,16). The van der Waals surface area contributed by atoms with Crippen molar-refractivity contribution in [2.24, 2.45) is 0 Å². The highest BCUT2D eigenvalue weighted by atomic mass is 79.9. The van der Waals surface area contributed by atoms with Gasteiger partial charge in [-0.15, -0.1) is 0 Å². The van der Waals surface area contributed by atoms with Gasteiger partial charge < -0.3 is 10.1 Å². The van der Waals surface area contributed by atoms with Crippen molar-refractivity contribution in [2.75, 3.05) is 0 Å². The van der Waals surface area contributed by atoms with E-state index in [4.69, 9.17) is 4.74 Å². The van der Waals surface area contributed by atoms with Gasteiger partial charge >= 0.3 is 0 Å². The molecule has 2 aliphatic rings. The minimum Gasteiger partial charge on any atom is -0.373 e. The Labute approximate surface area is 108 Å². The van der Waals surface area contributed by atoms with Crippen LogP contribution in [0.1, 0.15) is 29.6 Å². The van der Waals surface area contributed by atoms with Gasteiger partial charge in [0.2, 0.25) is 0 Å². The molecule has 2 bridgehead atoms. The molecule has 3 atom stereocenters. The van der Waals surface area contributed by atoms with Crippen LogP contribution in [0.3, 0.4) is 0 Å². The van der Waals surface area contributed by atoms with Crippen LogP contribution in [0.2, 0.25) is 0 Å². The van der Waals surface area contributed by atoms with Gasteiger partial charge in [-0.1, -0.05) is 0 Å². The van der Waals surface area contributed by atoms with Crippen molar-refractivity contribution >= 4 is 21.8 Å². The van der Waals surface area contributed by atoms with Crippen LogP contribution in [-0.4, -0.2) is 29.1 Å². The van der Waals surface area contributed by atoms with Crippen LogP contribution >= 0.6 is 15.9 Å². The molecule has 3 heterocycles.